The number of fused-ring (bicyclic) bond motifs is 6. The molecule has 11 nitrogen and oxygen atoms in total. The minimum absolute atomic E-state index is 0.00221. The number of nitrogens with one attached hydrogen (secondary N) is 2. The molecule has 2 aliphatic heterocycles. The van der Waals surface area contributed by atoms with Crippen LogP contribution in [0.25, 0.3) is 38.8 Å². The number of aromatic nitrogens is 4. The van der Waals surface area contributed by atoms with Gasteiger partial charge >= 0.3 is 5.69 Å². The zero-order valence-electron chi connectivity index (χ0n) is 28.9. The van der Waals surface area contributed by atoms with Gasteiger partial charge in [0.25, 0.3) is 5.56 Å². The number of aromatic amines is 1. The Morgan fingerprint density at radius 1 is 1.10 bits per heavy atom. The predicted molar refractivity (Wildman–Crippen MR) is 195 cm³/mol. The Balaban J connectivity index is 1.59. The summed E-state index contributed by atoms with van der Waals surface area (Å²) in [7, 11) is 1.61. The summed E-state index contributed by atoms with van der Waals surface area (Å²) in [5.41, 5.74) is 3.45. The Morgan fingerprint density at radius 2 is 1.86 bits per heavy atom. The Bertz CT molecular complexity index is 2360. The second kappa shape index (κ2) is 12.5. The van der Waals surface area contributed by atoms with Crippen molar-refractivity contribution in [2.24, 2.45) is 7.05 Å². The van der Waals surface area contributed by atoms with E-state index < -0.39 is 17.4 Å². The number of H-pyrrole nitrogens is 1. The van der Waals surface area contributed by atoms with E-state index in [-0.39, 0.29) is 45.3 Å². The van der Waals surface area contributed by atoms with Crippen LogP contribution in [-0.2, 0) is 16.6 Å². The van der Waals surface area contributed by atoms with Crippen LogP contribution in [0.15, 0.2) is 52.7 Å². The summed E-state index contributed by atoms with van der Waals surface area (Å²) in [6.07, 6.45) is 3.33. The monoisotopic (exact) mass is 699 g/mol. The van der Waals surface area contributed by atoms with E-state index in [2.05, 4.69) is 26.8 Å². The molecule has 0 spiro atoms. The van der Waals surface area contributed by atoms with Crippen molar-refractivity contribution < 1.29 is 13.9 Å². The summed E-state index contributed by atoms with van der Waals surface area (Å²) < 4.78 is 26.4. The number of carbonyl (C=O) groups is 1. The van der Waals surface area contributed by atoms with Gasteiger partial charge in [0.05, 0.1) is 52.0 Å². The summed E-state index contributed by atoms with van der Waals surface area (Å²) >= 11 is 7.12. The zero-order chi connectivity index (χ0) is 35.8. The standard InChI is InChI=1S/C37H39ClFN7O4/c1-8-13-50-17-44-16-25-35(47)42-30-33(45(25)15-21(44)6)22-14-23(38)27(26-19(4)9-10-24-34(26)43(7)37(49)41-24)28(39)32(22)46(36(30)48)31-20(5)11-12-40-29(31)18(2)3/h8-12,14,18,21,25H,1,13,15-17H2,2-7H3,(H,41,49)(H,42,47). The summed E-state index contributed by atoms with van der Waals surface area (Å²) in [5.74, 6) is -1.20. The number of hydrogen-bond acceptors (Lipinski definition) is 7. The van der Waals surface area contributed by atoms with Crippen molar-refractivity contribution in [2.45, 2.75) is 52.6 Å². The van der Waals surface area contributed by atoms with E-state index in [0.717, 1.165) is 0 Å². The number of aryl methyl sites for hydroxylation is 3. The van der Waals surface area contributed by atoms with Crippen molar-refractivity contribution in [1.29, 1.82) is 0 Å². The van der Waals surface area contributed by atoms with Crippen LogP contribution in [0, 0.1) is 19.7 Å². The number of ether oxygens (including phenoxy) is 1. The summed E-state index contributed by atoms with van der Waals surface area (Å²) in [4.78, 5) is 52.9. The zero-order valence-corrected chi connectivity index (χ0v) is 29.6. The Morgan fingerprint density at radius 3 is 2.58 bits per heavy atom. The van der Waals surface area contributed by atoms with Crippen LogP contribution >= 0.6 is 11.6 Å². The number of benzene rings is 2. The lowest BCUT2D eigenvalue weighted by atomic mass is 9.94. The molecule has 0 bridgehead atoms. The van der Waals surface area contributed by atoms with Crippen LogP contribution < -0.4 is 21.5 Å². The first-order valence-electron chi connectivity index (χ1n) is 16.6. The highest BCUT2D eigenvalue weighted by molar-refractivity contribution is 6.35. The molecule has 260 valence electrons. The number of pyridine rings is 2. The highest BCUT2D eigenvalue weighted by Gasteiger charge is 2.43. The fourth-order valence-electron chi connectivity index (χ4n) is 7.49. The molecule has 1 saturated heterocycles. The lowest BCUT2D eigenvalue weighted by molar-refractivity contribution is -0.119. The molecule has 5 heterocycles. The minimum atomic E-state index is -0.729. The van der Waals surface area contributed by atoms with Gasteiger partial charge in [-0.2, -0.15) is 0 Å². The largest absolute Gasteiger partial charge is 0.362 e. The van der Waals surface area contributed by atoms with E-state index >= 15 is 4.39 Å². The first-order chi connectivity index (χ1) is 23.8. The van der Waals surface area contributed by atoms with E-state index in [4.69, 9.17) is 16.3 Å². The van der Waals surface area contributed by atoms with Crippen molar-refractivity contribution in [1.82, 2.24) is 24.0 Å². The third-order valence-corrected chi connectivity index (χ3v) is 10.3. The molecule has 2 aliphatic rings. The molecule has 50 heavy (non-hydrogen) atoms. The molecule has 2 aromatic carbocycles. The van der Waals surface area contributed by atoms with Gasteiger partial charge in [-0.05, 0) is 56.0 Å². The number of imidazole rings is 1. The molecule has 0 radical (unpaired) electrons. The predicted octanol–water partition coefficient (Wildman–Crippen LogP) is 5.76. The second-order valence-corrected chi connectivity index (χ2v) is 13.9. The second-order valence-electron chi connectivity index (χ2n) is 13.5. The van der Waals surface area contributed by atoms with Crippen molar-refractivity contribution in [2.75, 3.05) is 36.6 Å². The maximum Gasteiger partial charge on any atom is 0.326 e. The van der Waals surface area contributed by atoms with E-state index in [1.165, 1.54) is 9.13 Å². The Hall–Kier alpha value is -4.78. The topological polar surface area (TPSA) is 117 Å². The molecular formula is C37H39ClFN7O4. The number of halogens is 2. The van der Waals surface area contributed by atoms with E-state index in [0.29, 0.717) is 76.6 Å². The molecule has 2 N–H and O–H groups in total. The van der Waals surface area contributed by atoms with Gasteiger partial charge in [0, 0.05) is 48.9 Å². The molecule has 2 atom stereocenters. The van der Waals surface area contributed by atoms with Crippen LogP contribution in [0.3, 0.4) is 0 Å². The van der Waals surface area contributed by atoms with E-state index in [9.17, 15) is 14.4 Å². The number of piperazine rings is 1. The maximum absolute atomic E-state index is 17.9. The Kier molecular flexibility index (Phi) is 8.44. The normalized spacial score (nSPS) is 17.8. The van der Waals surface area contributed by atoms with Crippen molar-refractivity contribution in [3.63, 3.8) is 0 Å². The summed E-state index contributed by atoms with van der Waals surface area (Å²) in [6, 6.07) is 6.27. The fourth-order valence-corrected chi connectivity index (χ4v) is 7.78. The molecule has 7 rings (SSSR count). The molecule has 13 heteroatoms. The minimum Gasteiger partial charge on any atom is -0.362 e. The van der Waals surface area contributed by atoms with Crippen molar-refractivity contribution in [3.8, 4) is 16.8 Å². The van der Waals surface area contributed by atoms with Gasteiger partial charge < -0.3 is 19.9 Å². The van der Waals surface area contributed by atoms with Crippen LogP contribution in [-0.4, -0.2) is 68.4 Å². The average molecular weight is 700 g/mol. The van der Waals surface area contributed by atoms with Gasteiger partial charge in [-0.3, -0.25) is 28.6 Å². The number of rotatable bonds is 7. The number of anilines is 2. The summed E-state index contributed by atoms with van der Waals surface area (Å²) in [6.45, 7) is 14.7. The van der Waals surface area contributed by atoms with Crippen LogP contribution in [0.4, 0.5) is 15.8 Å². The molecular weight excluding hydrogens is 661 g/mol. The summed E-state index contributed by atoms with van der Waals surface area (Å²) in [5, 5.41) is 3.36. The molecule has 1 fully saturated rings. The fraction of sp³-hybridized carbons (Fsp3) is 0.351. The van der Waals surface area contributed by atoms with E-state index in [1.807, 2.05) is 39.5 Å². The molecule has 3 aromatic heterocycles. The SMILES string of the molecule is C=CCOCN1CC2C(=O)Nc3c(c4cc(Cl)c(-c5c(C)ccc6[nH]c(=O)n(C)c56)c(F)c4n(-c4c(C)ccnc4C(C)C)c3=O)N2CC1C. The maximum atomic E-state index is 17.9. The highest BCUT2D eigenvalue weighted by Crippen LogP contribution is 2.46. The number of carbonyl (C=O) groups excluding carboxylic acids is 1. The third kappa shape index (κ3) is 5.07. The molecule has 0 aliphatic carbocycles. The van der Waals surface area contributed by atoms with Gasteiger partial charge in [-0.25, -0.2) is 9.18 Å². The number of amides is 1. The van der Waals surface area contributed by atoms with Crippen molar-refractivity contribution in [3.05, 3.63) is 91.6 Å². The Labute approximate surface area is 292 Å². The number of hydrogen-bond donors (Lipinski definition) is 2. The highest BCUT2D eigenvalue weighted by atomic mass is 35.5. The quantitative estimate of drug-likeness (QED) is 0.164. The molecule has 5 aromatic rings. The first-order valence-corrected chi connectivity index (χ1v) is 17.0. The van der Waals surface area contributed by atoms with E-state index in [1.54, 1.807) is 43.6 Å². The van der Waals surface area contributed by atoms with Crippen molar-refractivity contribution >= 4 is 50.8 Å². The third-order valence-electron chi connectivity index (χ3n) is 9.97. The number of nitrogens with zero attached hydrogens (tertiary/aromatic N) is 5. The van der Waals surface area contributed by atoms with Gasteiger partial charge in [-0.15, -0.1) is 6.58 Å². The van der Waals surface area contributed by atoms with Crippen LogP contribution in [0.1, 0.15) is 43.5 Å². The lowest BCUT2D eigenvalue weighted by Crippen LogP contribution is -2.63. The van der Waals surface area contributed by atoms with Gasteiger partial charge in [0.1, 0.15) is 11.7 Å². The first kappa shape index (κ1) is 33.7. The molecule has 2 unspecified atom stereocenters. The van der Waals surface area contributed by atoms with Crippen LogP contribution in [0.5, 0.6) is 0 Å². The smallest absolute Gasteiger partial charge is 0.326 e. The van der Waals surface area contributed by atoms with Gasteiger partial charge in [0.2, 0.25) is 5.91 Å². The molecule has 1 amide bonds. The lowest BCUT2D eigenvalue weighted by Gasteiger charge is -2.48. The van der Waals surface area contributed by atoms with Crippen LogP contribution in [0.2, 0.25) is 5.02 Å². The molecule has 0 saturated carbocycles. The van der Waals surface area contributed by atoms with Gasteiger partial charge in [-0.1, -0.05) is 37.6 Å². The average Bonchev–Trinajstić information content (AvgIpc) is 3.36. The van der Waals surface area contributed by atoms with Gasteiger partial charge in [0.15, 0.2) is 5.82 Å².